The number of ether oxygens (including phenoxy) is 1. The zero-order chi connectivity index (χ0) is 12.1. The Labute approximate surface area is 100 Å². The van der Waals surface area contributed by atoms with Crippen molar-refractivity contribution in [2.75, 3.05) is 6.61 Å². The first kappa shape index (κ1) is 11.7. The molecular weight excluding hydrogens is 216 g/mol. The highest BCUT2D eigenvalue weighted by Crippen LogP contribution is 2.09. The Morgan fingerprint density at radius 1 is 1.35 bits per heavy atom. The molecule has 2 N–H and O–H groups in total. The second kappa shape index (κ2) is 5.50. The van der Waals surface area contributed by atoms with E-state index in [2.05, 4.69) is 9.97 Å². The van der Waals surface area contributed by atoms with E-state index in [9.17, 15) is 5.11 Å². The Hall–Kier alpha value is -1.81. The number of nitrogens with one attached hydrogen (secondary N) is 1. The topological polar surface area (TPSA) is 58.1 Å². The van der Waals surface area contributed by atoms with E-state index < -0.39 is 6.10 Å². The minimum atomic E-state index is -0.544. The predicted octanol–water partition coefficient (Wildman–Crippen LogP) is 1.70. The van der Waals surface area contributed by atoms with Crippen LogP contribution in [-0.4, -0.2) is 27.8 Å². The number of aromatic amines is 1. The van der Waals surface area contributed by atoms with Crippen LogP contribution in [0.4, 0.5) is 0 Å². The fraction of sp³-hybridized carbons (Fsp3) is 0.308. The average Bonchev–Trinajstić information content (AvgIpc) is 2.73. The quantitative estimate of drug-likeness (QED) is 0.825. The van der Waals surface area contributed by atoms with Gasteiger partial charge in [-0.15, -0.1) is 0 Å². The number of aliphatic hydroxyl groups excluding tert-OH is 1. The minimum Gasteiger partial charge on any atom is -0.491 e. The van der Waals surface area contributed by atoms with Crippen molar-refractivity contribution in [3.05, 3.63) is 48.0 Å². The lowest BCUT2D eigenvalue weighted by molar-refractivity contribution is 0.107. The Morgan fingerprint density at radius 2 is 2.12 bits per heavy atom. The van der Waals surface area contributed by atoms with Crippen LogP contribution >= 0.6 is 0 Å². The molecule has 0 aliphatic heterocycles. The molecule has 0 radical (unpaired) electrons. The van der Waals surface area contributed by atoms with Crippen LogP contribution in [0, 0.1) is 6.92 Å². The Balaban J connectivity index is 1.80. The van der Waals surface area contributed by atoms with Crippen molar-refractivity contribution < 1.29 is 9.84 Å². The standard InChI is InChI=1S/C13H16N2O2/c1-10-14-8-11(15-10)7-12(16)9-17-13-5-3-2-4-6-13/h2-6,8,12,16H,7,9H2,1H3,(H,14,15). The number of aromatic nitrogens is 2. The van der Waals surface area contributed by atoms with Crippen LogP contribution in [0.3, 0.4) is 0 Å². The van der Waals surface area contributed by atoms with E-state index in [1.807, 2.05) is 37.3 Å². The number of benzene rings is 1. The fourth-order valence-corrected chi connectivity index (χ4v) is 1.58. The summed E-state index contributed by atoms with van der Waals surface area (Å²) in [5.74, 6) is 1.63. The largest absolute Gasteiger partial charge is 0.491 e. The summed E-state index contributed by atoms with van der Waals surface area (Å²) in [6, 6.07) is 9.46. The number of aliphatic hydroxyl groups is 1. The maximum Gasteiger partial charge on any atom is 0.119 e. The third-order valence-corrected chi connectivity index (χ3v) is 2.39. The lowest BCUT2D eigenvalue weighted by Crippen LogP contribution is -2.20. The Morgan fingerprint density at radius 3 is 2.76 bits per heavy atom. The summed E-state index contributed by atoms with van der Waals surface area (Å²) in [6.45, 7) is 2.16. The third-order valence-electron chi connectivity index (χ3n) is 2.39. The molecule has 0 spiro atoms. The van der Waals surface area contributed by atoms with Crippen LogP contribution in [0.15, 0.2) is 36.5 Å². The molecule has 0 aliphatic rings. The molecule has 0 fully saturated rings. The molecule has 0 saturated heterocycles. The van der Waals surface area contributed by atoms with Gasteiger partial charge in [-0.3, -0.25) is 0 Å². The molecule has 0 amide bonds. The highest BCUT2D eigenvalue weighted by atomic mass is 16.5. The van der Waals surface area contributed by atoms with Gasteiger partial charge >= 0.3 is 0 Å². The molecule has 1 aromatic heterocycles. The highest BCUT2D eigenvalue weighted by Gasteiger charge is 2.08. The highest BCUT2D eigenvalue weighted by molar-refractivity contribution is 5.20. The maximum absolute atomic E-state index is 9.79. The van der Waals surface area contributed by atoms with Gasteiger partial charge in [-0.05, 0) is 19.1 Å². The van der Waals surface area contributed by atoms with Gasteiger partial charge < -0.3 is 14.8 Å². The Kier molecular flexibility index (Phi) is 3.77. The first-order valence-corrected chi connectivity index (χ1v) is 5.61. The zero-order valence-corrected chi connectivity index (χ0v) is 9.76. The van der Waals surface area contributed by atoms with Crippen molar-refractivity contribution in [1.82, 2.24) is 9.97 Å². The second-order valence-electron chi connectivity index (χ2n) is 3.96. The average molecular weight is 232 g/mol. The van der Waals surface area contributed by atoms with Gasteiger partial charge in [0.25, 0.3) is 0 Å². The lowest BCUT2D eigenvalue weighted by atomic mass is 10.2. The summed E-state index contributed by atoms with van der Waals surface area (Å²) < 4.78 is 5.46. The van der Waals surface area contributed by atoms with E-state index >= 15 is 0 Å². The number of hydrogen-bond acceptors (Lipinski definition) is 3. The number of nitrogens with zero attached hydrogens (tertiary/aromatic N) is 1. The van der Waals surface area contributed by atoms with Crippen LogP contribution in [-0.2, 0) is 6.42 Å². The summed E-state index contributed by atoms with van der Waals surface area (Å²) >= 11 is 0. The second-order valence-corrected chi connectivity index (χ2v) is 3.96. The number of rotatable bonds is 5. The number of hydrogen-bond donors (Lipinski definition) is 2. The van der Waals surface area contributed by atoms with Gasteiger partial charge in [0.15, 0.2) is 0 Å². The SMILES string of the molecule is Cc1nc(CC(O)COc2ccccc2)c[nH]1. The van der Waals surface area contributed by atoms with Gasteiger partial charge in [-0.1, -0.05) is 18.2 Å². The summed E-state index contributed by atoms with van der Waals surface area (Å²) in [5.41, 5.74) is 0.853. The van der Waals surface area contributed by atoms with E-state index in [0.717, 1.165) is 17.3 Å². The van der Waals surface area contributed by atoms with E-state index in [-0.39, 0.29) is 6.61 Å². The minimum absolute atomic E-state index is 0.274. The summed E-state index contributed by atoms with van der Waals surface area (Å²) in [5, 5.41) is 9.79. The summed E-state index contributed by atoms with van der Waals surface area (Å²) in [6.07, 6.45) is 1.76. The lowest BCUT2D eigenvalue weighted by Gasteiger charge is -2.10. The Bertz CT molecular complexity index is 453. The molecule has 1 atom stereocenters. The molecule has 0 aliphatic carbocycles. The monoisotopic (exact) mass is 232 g/mol. The zero-order valence-electron chi connectivity index (χ0n) is 9.76. The van der Waals surface area contributed by atoms with Crippen LogP contribution in [0.5, 0.6) is 5.75 Å². The predicted molar refractivity (Wildman–Crippen MR) is 65.0 cm³/mol. The van der Waals surface area contributed by atoms with Crippen molar-refractivity contribution >= 4 is 0 Å². The summed E-state index contributed by atoms with van der Waals surface area (Å²) in [7, 11) is 0. The number of imidazole rings is 1. The number of H-pyrrole nitrogens is 1. The maximum atomic E-state index is 9.79. The smallest absolute Gasteiger partial charge is 0.119 e. The normalized spacial score (nSPS) is 12.4. The van der Waals surface area contributed by atoms with E-state index in [4.69, 9.17) is 4.74 Å². The number of aryl methyl sites for hydroxylation is 1. The van der Waals surface area contributed by atoms with Crippen molar-refractivity contribution in [2.24, 2.45) is 0 Å². The molecule has 0 bridgehead atoms. The van der Waals surface area contributed by atoms with Crippen LogP contribution in [0.25, 0.3) is 0 Å². The van der Waals surface area contributed by atoms with Crippen molar-refractivity contribution in [1.29, 1.82) is 0 Å². The molecule has 0 saturated carbocycles. The molecular formula is C13H16N2O2. The molecule has 4 heteroatoms. The van der Waals surface area contributed by atoms with Gasteiger partial charge in [0, 0.05) is 12.6 Å². The van der Waals surface area contributed by atoms with Crippen LogP contribution in [0.1, 0.15) is 11.5 Å². The van der Waals surface area contributed by atoms with Gasteiger partial charge in [-0.2, -0.15) is 0 Å². The number of para-hydroxylation sites is 1. The first-order valence-electron chi connectivity index (χ1n) is 5.61. The molecule has 1 heterocycles. The first-order chi connectivity index (χ1) is 8.24. The van der Waals surface area contributed by atoms with Crippen LogP contribution in [0.2, 0.25) is 0 Å². The molecule has 2 aromatic rings. The molecule has 1 unspecified atom stereocenters. The van der Waals surface area contributed by atoms with Gasteiger partial charge in [0.05, 0.1) is 11.8 Å². The van der Waals surface area contributed by atoms with Crippen molar-refractivity contribution in [3.8, 4) is 5.75 Å². The van der Waals surface area contributed by atoms with Crippen molar-refractivity contribution in [2.45, 2.75) is 19.4 Å². The molecule has 17 heavy (non-hydrogen) atoms. The van der Waals surface area contributed by atoms with Gasteiger partial charge in [0.2, 0.25) is 0 Å². The fourth-order valence-electron chi connectivity index (χ4n) is 1.58. The summed E-state index contributed by atoms with van der Waals surface area (Å²) in [4.78, 5) is 7.22. The molecule has 2 rings (SSSR count). The van der Waals surface area contributed by atoms with Gasteiger partial charge in [-0.25, -0.2) is 4.98 Å². The molecule has 4 nitrogen and oxygen atoms in total. The third kappa shape index (κ3) is 3.60. The molecule has 90 valence electrons. The molecule has 1 aromatic carbocycles. The van der Waals surface area contributed by atoms with E-state index in [1.165, 1.54) is 0 Å². The van der Waals surface area contributed by atoms with E-state index in [0.29, 0.717) is 6.42 Å². The van der Waals surface area contributed by atoms with E-state index in [1.54, 1.807) is 6.20 Å². The van der Waals surface area contributed by atoms with Crippen LogP contribution < -0.4 is 4.74 Å². The van der Waals surface area contributed by atoms with Crippen molar-refractivity contribution in [3.63, 3.8) is 0 Å². The van der Waals surface area contributed by atoms with Gasteiger partial charge in [0.1, 0.15) is 18.2 Å².